The Labute approximate surface area is 101 Å². The van der Waals surface area contributed by atoms with Crippen LogP contribution in [0, 0.1) is 5.92 Å². The predicted molar refractivity (Wildman–Crippen MR) is 66.4 cm³/mol. The van der Waals surface area contributed by atoms with Crippen LogP contribution >= 0.6 is 0 Å². The van der Waals surface area contributed by atoms with Gasteiger partial charge >= 0.3 is 0 Å². The predicted octanol–water partition coefficient (Wildman–Crippen LogP) is 2.32. The lowest BCUT2D eigenvalue weighted by Gasteiger charge is -2.08. The van der Waals surface area contributed by atoms with Crippen LogP contribution in [0.15, 0.2) is 42.7 Å². The Bertz CT molecular complexity index is 488. The molecule has 0 amide bonds. The van der Waals surface area contributed by atoms with Crippen LogP contribution in [0.4, 0.5) is 0 Å². The van der Waals surface area contributed by atoms with Gasteiger partial charge in [-0.05, 0) is 24.3 Å². The number of benzene rings is 1. The van der Waals surface area contributed by atoms with Crippen molar-refractivity contribution in [1.82, 2.24) is 9.78 Å². The molecule has 1 fully saturated rings. The van der Waals surface area contributed by atoms with Crippen LogP contribution in [-0.4, -0.2) is 21.0 Å². The molecule has 1 aliphatic carbocycles. The lowest BCUT2D eigenvalue weighted by atomic mass is 10.1. The second kappa shape index (κ2) is 4.34. The fourth-order valence-corrected chi connectivity index (χ4v) is 2.06. The molecule has 1 aliphatic rings. The number of nitrogens with zero attached hydrogens (tertiary/aromatic N) is 2. The quantitative estimate of drug-likeness (QED) is 0.872. The average Bonchev–Trinajstić information content (AvgIpc) is 3.12. The van der Waals surface area contributed by atoms with E-state index in [4.69, 9.17) is 0 Å². The Balaban J connectivity index is 1.74. The van der Waals surface area contributed by atoms with Crippen LogP contribution in [0.2, 0.25) is 0 Å². The average molecular weight is 228 g/mol. The fraction of sp³-hybridized carbons (Fsp3) is 0.357. The molecule has 0 spiro atoms. The van der Waals surface area contributed by atoms with E-state index in [1.165, 1.54) is 5.56 Å². The summed E-state index contributed by atoms with van der Waals surface area (Å²) in [6.07, 6.45) is 5.94. The fourth-order valence-electron chi connectivity index (χ4n) is 2.06. The van der Waals surface area contributed by atoms with E-state index in [1.54, 1.807) is 0 Å². The number of aliphatic hydroxyl groups is 1. The summed E-state index contributed by atoms with van der Waals surface area (Å²) < 4.78 is 1.84. The Morgan fingerprint density at radius 1 is 1.24 bits per heavy atom. The van der Waals surface area contributed by atoms with Gasteiger partial charge in [0.15, 0.2) is 0 Å². The van der Waals surface area contributed by atoms with Gasteiger partial charge in [-0.25, -0.2) is 0 Å². The summed E-state index contributed by atoms with van der Waals surface area (Å²) >= 11 is 0. The Morgan fingerprint density at radius 3 is 2.71 bits per heavy atom. The zero-order chi connectivity index (χ0) is 11.7. The molecule has 1 N–H and O–H groups in total. The van der Waals surface area contributed by atoms with Gasteiger partial charge in [-0.2, -0.15) is 5.10 Å². The van der Waals surface area contributed by atoms with Crippen molar-refractivity contribution in [2.45, 2.75) is 25.5 Å². The van der Waals surface area contributed by atoms with Gasteiger partial charge in [0.2, 0.25) is 0 Å². The maximum Gasteiger partial charge on any atom is 0.0764 e. The number of aliphatic hydroxyl groups excluding tert-OH is 1. The third kappa shape index (κ3) is 2.39. The van der Waals surface area contributed by atoms with Gasteiger partial charge in [0.1, 0.15) is 0 Å². The normalized spacial score (nSPS) is 17.0. The summed E-state index contributed by atoms with van der Waals surface area (Å²) in [4.78, 5) is 0. The topological polar surface area (TPSA) is 38.0 Å². The zero-order valence-corrected chi connectivity index (χ0v) is 9.66. The van der Waals surface area contributed by atoms with Crippen LogP contribution in [-0.2, 0) is 6.54 Å². The van der Waals surface area contributed by atoms with E-state index in [-0.39, 0.29) is 6.10 Å². The van der Waals surface area contributed by atoms with Crippen molar-refractivity contribution < 1.29 is 5.11 Å². The van der Waals surface area contributed by atoms with Crippen molar-refractivity contribution in [1.29, 1.82) is 0 Å². The molecule has 1 unspecified atom stereocenters. The first-order valence-electron chi connectivity index (χ1n) is 6.09. The largest absolute Gasteiger partial charge is 0.391 e. The van der Waals surface area contributed by atoms with Gasteiger partial charge in [0.05, 0.1) is 18.8 Å². The third-order valence-electron chi connectivity index (χ3n) is 3.28. The molecule has 1 aromatic heterocycles. The molecule has 0 radical (unpaired) electrons. The molecule has 0 aliphatic heterocycles. The summed E-state index contributed by atoms with van der Waals surface area (Å²) in [5.74, 6) is 0.499. The zero-order valence-electron chi connectivity index (χ0n) is 9.66. The summed E-state index contributed by atoms with van der Waals surface area (Å²) in [5, 5.41) is 14.2. The molecule has 1 heterocycles. The number of aromatic nitrogens is 2. The lowest BCUT2D eigenvalue weighted by molar-refractivity contribution is 0.127. The minimum absolute atomic E-state index is 0.237. The van der Waals surface area contributed by atoms with Crippen LogP contribution < -0.4 is 0 Å². The molecule has 0 bridgehead atoms. The summed E-state index contributed by atoms with van der Waals surface area (Å²) in [5.41, 5.74) is 2.27. The Hall–Kier alpha value is -1.61. The van der Waals surface area contributed by atoms with Gasteiger partial charge in [0.25, 0.3) is 0 Å². The molecular weight excluding hydrogens is 212 g/mol. The number of hydrogen-bond donors (Lipinski definition) is 1. The highest BCUT2D eigenvalue weighted by Gasteiger charge is 2.29. The van der Waals surface area contributed by atoms with Crippen LogP contribution in [0.5, 0.6) is 0 Å². The van der Waals surface area contributed by atoms with Crippen molar-refractivity contribution in [3.8, 4) is 11.1 Å². The first kappa shape index (κ1) is 10.5. The molecule has 1 atom stereocenters. The standard InChI is InChI=1S/C14H16N2O/c17-14(12-6-7-12)10-16-9-13(8-15-16)11-4-2-1-3-5-11/h1-5,8-9,12,14,17H,6-7,10H2. The molecule has 88 valence electrons. The molecule has 0 saturated heterocycles. The number of hydrogen-bond acceptors (Lipinski definition) is 2. The minimum atomic E-state index is -0.237. The van der Waals surface area contributed by atoms with E-state index in [2.05, 4.69) is 17.2 Å². The summed E-state index contributed by atoms with van der Waals surface area (Å²) in [6, 6.07) is 10.2. The summed E-state index contributed by atoms with van der Waals surface area (Å²) in [7, 11) is 0. The number of rotatable bonds is 4. The lowest BCUT2D eigenvalue weighted by Crippen LogP contribution is -2.18. The molecule has 2 aromatic rings. The smallest absolute Gasteiger partial charge is 0.0764 e. The van der Waals surface area contributed by atoms with E-state index in [0.717, 1.165) is 18.4 Å². The molecule has 3 nitrogen and oxygen atoms in total. The SMILES string of the molecule is OC(Cn1cc(-c2ccccc2)cn1)C1CC1. The van der Waals surface area contributed by atoms with Crippen molar-refractivity contribution in [2.75, 3.05) is 0 Å². The van der Waals surface area contributed by atoms with E-state index < -0.39 is 0 Å². The first-order chi connectivity index (χ1) is 8.33. The molecule has 3 heteroatoms. The highest BCUT2D eigenvalue weighted by molar-refractivity contribution is 5.61. The maximum atomic E-state index is 9.86. The third-order valence-corrected chi connectivity index (χ3v) is 3.28. The highest BCUT2D eigenvalue weighted by Crippen LogP contribution is 2.33. The van der Waals surface area contributed by atoms with Crippen LogP contribution in [0.1, 0.15) is 12.8 Å². The van der Waals surface area contributed by atoms with E-state index >= 15 is 0 Å². The Morgan fingerprint density at radius 2 is 2.00 bits per heavy atom. The van der Waals surface area contributed by atoms with E-state index in [9.17, 15) is 5.11 Å². The molecule has 1 saturated carbocycles. The van der Waals surface area contributed by atoms with Crippen LogP contribution in [0.3, 0.4) is 0 Å². The van der Waals surface area contributed by atoms with Crippen LogP contribution in [0.25, 0.3) is 11.1 Å². The van der Waals surface area contributed by atoms with E-state index in [0.29, 0.717) is 12.5 Å². The van der Waals surface area contributed by atoms with Gasteiger partial charge in [-0.15, -0.1) is 0 Å². The molecule has 1 aromatic carbocycles. The molecule has 3 rings (SSSR count). The second-order valence-corrected chi connectivity index (χ2v) is 4.72. The van der Waals surface area contributed by atoms with Gasteiger partial charge in [0, 0.05) is 11.8 Å². The molecular formula is C14H16N2O. The van der Waals surface area contributed by atoms with Gasteiger partial charge in [-0.1, -0.05) is 30.3 Å². The summed E-state index contributed by atoms with van der Waals surface area (Å²) in [6.45, 7) is 0.609. The van der Waals surface area contributed by atoms with Gasteiger partial charge in [-0.3, -0.25) is 4.68 Å². The van der Waals surface area contributed by atoms with Gasteiger partial charge < -0.3 is 5.11 Å². The monoisotopic (exact) mass is 228 g/mol. The highest BCUT2D eigenvalue weighted by atomic mass is 16.3. The molecule has 17 heavy (non-hydrogen) atoms. The van der Waals surface area contributed by atoms with Crippen molar-refractivity contribution >= 4 is 0 Å². The first-order valence-corrected chi connectivity index (χ1v) is 6.09. The Kier molecular flexibility index (Phi) is 2.69. The van der Waals surface area contributed by atoms with Crippen molar-refractivity contribution in [3.05, 3.63) is 42.7 Å². The second-order valence-electron chi connectivity index (χ2n) is 4.72. The minimum Gasteiger partial charge on any atom is -0.391 e. The van der Waals surface area contributed by atoms with E-state index in [1.807, 2.05) is 35.3 Å². The maximum absolute atomic E-state index is 9.86. The van der Waals surface area contributed by atoms with Crippen molar-refractivity contribution in [2.24, 2.45) is 5.92 Å². The van der Waals surface area contributed by atoms with Crippen molar-refractivity contribution in [3.63, 3.8) is 0 Å².